The number of benzene rings is 1. The highest BCUT2D eigenvalue weighted by molar-refractivity contribution is 8.26. The number of rotatable bonds is 3. The van der Waals surface area contributed by atoms with Crippen LogP contribution in [-0.2, 0) is 4.79 Å². The van der Waals surface area contributed by atoms with Crippen molar-refractivity contribution < 1.29 is 4.79 Å². The minimum atomic E-state index is 0.00649. The van der Waals surface area contributed by atoms with Crippen LogP contribution in [0.15, 0.2) is 41.3 Å². The summed E-state index contributed by atoms with van der Waals surface area (Å²) in [5, 5.41) is 0. The van der Waals surface area contributed by atoms with Crippen molar-refractivity contribution in [2.75, 3.05) is 6.54 Å². The number of aryl methyl sites for hydroxylation is 1. The summed E-state index contributed by atoms with van der Waals surface area (Å²) in [5.74, 6) is 0.00649. The summed E-state index contributed by atoms with van der Waals surface area (Å²) in [7, 11) is 0. The number of thioether (sulfide) groups is 1. The summed E-state index contributed by atoms with van der Waals surface area (Å²) in [6, 6.07) is 12.3. The lowest BCUT2D eigenvalue weighted by Crippen LogP contribution is -2.27. The Bertz CT molecular complexity index is 806. The molecule has 1 aromatic carbocycles. The largest absolute Gasteiger partial charge is 0.318 e. The number of hydrogen-bond donors (Lipinski definition) is 0. The Morgan fingerprint density at radius 1 is 1.22 bits per heavy atom. The van der Waals surface area contributed by atoms with Crippen LogP contribution < -0.4 is 0 Å². The molecule has 5 heteroatoms. The van der Waals surface area contributed by atoms with Crippen molar-refractivity contribution in [2.45, 2.75) is 20.8 Å². The summed E-state index contributed by atoms with van der Waals surface area (Å²) in [6.07, 6.45) is 1.96. The Hall–Kier alpha value is -1.85. The van der Waals surface area contributed by atoms with Gasteiger partial charge in [-0.2, -0.15) is 0 Å². The fraction of sp³-hybridized carbons (Fsp3) is 0.222. The van der Waals surface area contributed by atoms with Gasteiger partial charge in [-0.25, -0.2) is 0 Å². The Labute approximate surface area is 146 Å². The van der Waals surface area contributed by atoms with Crippen LogP contribution in [0.5, 0.6) is 0 Å². The monoisotopic (exact) mass is 342 g/mol. The smallest absolute Gasteiger partial charge is 0.266 e. The first kappa shape index (κ1) is 16.0. The van der Waals surface area contributed by atoms with E-state index in [-0.39, 0.29) is 5.91 Å². The van der Waals surface area contributed by atoms with Gasteiger partial charge in [0.25, 0.3) is 5.91 Å². The molecule has 1 amide bonds. The number of hydrogen-bond acceptors (Lipinski definition) is 3. The van der Waals surface area contributed by atoms with E-state index in [0.717, 1.165) is 22.6 Å². The number of likely N-dealkylation sites (N-methyl/N-ethyl adjacent to an activating group) is 1. The summed E-state index contributed by atoms with van der Waals surface area (Å²) in [5.41, 5.74) is 4.45. The van der Waals surface area contributed by atoms with Crippen molar-refractivity contribution in [1.82, 2.24) is 9.47 Å². The normalized spacial score (nSPS) is 16.7. The second kappa shape index (κ2) is 6.34. The van der Waals surface area contributed by atoms with Gasteiger partial charge in [0.1, 0.15) is 4.32 Å². The van der Waals surface area contributed by atoms with E-state index in [2.05, 4.69) is 36.6 Å². The molecule has 2 aromatic rings. The highest BCUT2D eigenvalue weighted by Gasteiger charge is 2.30. The van der Waals surface area contributed by atoms with Crippen LogP contribution in [0, 0.1) is 13.8 Å². The van der Waals surface area contributed by atoms with Crippen LogP contribution in [-0.4, -0.2) is 26.2 Å². The van der Waals surface area contributed by atoms with Crippen LogP contribution in [0.25, 0.3) is 11.8 Å². The number of carbonyl (C=O) groups is 1. The molecule has 23 heavy (non-hydrogen) atoms. The summed E-state index contributed by atoms with van der Waals surface area (Å²) >= 11 is 6.65. The zero-order chi connectivity index (χ0) is 16.6. The van der Waals surface area contributed by atoms with Gasteiger partial charge in [-0.05, 0) is 50.6 Å². The minimum Gasteiger partial charge on any atom is -0.318 e. The van der Waals surface area contributed by atoms with Crippen LogP contribution in [0.4, 0.5) is 0 Å². The maximum absolute atomic E-state index is 12.4. The second-order valence-electron chi connectivity index (χ2n) is 5.42. The quantitative estimate of drug-likeness (QED) is 0.614. The topological polar surface area (TPSA) is 25.2 Å². The van der Waals surface area contributed by atoms with Crippen molar-refractivity contribution in [1.29, 1.82) is 0 Å². The van der Waals surface area contributed by atoms with Gasteiger partial charge >= 0.3 is 0 Å². The molecule has 0 aliphatic carbocycles. The third-order valence-electron chi connectivity index (χ3n) is 3.96. The summed E-state index contributed by atoms with van der Waals surface area (Å²) < 4.78 is 2.84. The molecule has 0 radical (unpaired) electrons. The van der Waals surface area contributed by atoms with E-state index in [1.165, 1.54) is 11.8 Å². The van der Waals surface area contributed by atoms with E-state index in [1.54, 1.807) is 4.90 Å². The van der Waals surface area contributed by atoms with Gasteiger partial charge in [0.15, 0.2) is 0 Å². The SMILES string of the molecule is CCN1C(=O)C(=Cc2cc(C)n(-c3ccccc3)c2C)SC1=S. The average molecular weight is 342 g/mol. The molecule has 118 valence electrons. The molecule has 0 N–H and O–H groups in total. The number of aromatic nitrogens is 1. The van der Waals surface area contributed by atoms with Crippen molar-refractivity contribution in [3.8, 4) is 5.69 Å². The summed E-state index contributed by atoms with van der Waals surface area (Å²) in [4.78, 5) is 14.7. The summed E-state index contributed by atoms with van der Waals surface area (Å²) in [6.45, 7) is 6.71. The molecule has 2 heterocycles. The van der Waals surface area contributed by atoms with Crippen molar-refractivity contribution in [3.63, 3.8) is 0 Å². The highest BCUT2D eigenvalue weighted by atomic mass is 32.2. The van der Waals surface area contributed by atoms with E-state index in [4.69, 9.17) is 12.2 Å². The minimum absolute atomic E-state index is 0.00649. The lowest BCUT2D eigenvalue weighted by Gasteiger charge is -2.10. The van der Waals surface area contributed by atoms with E-state index in [1.807, 2.05) is 31.2 Å². The van der Waals surface area contributed by atoms with Gasteiger partial charge in [0.05, 0.1) is 4.91 Å². The van der Waals surface area contributed by atoms with Crippen LogP contribution in [0.1, 0.15) is 23.9 Å². The molecule has 1 aliphatic heterocycles. The van der Waals surface area contributed by atoms with Gasteiger partial charge in [0, 0.05) is 23.6 Å². The lowest BCUT2D eigenvalue weighted by atomic mass is 10.2. The number of thiocarbonyl (C=S) groups is 1. The van der Waals surface area contributed by atoms with Crippen molar-refractivity contribution >= 4 is 40.3 Å². The van der Waals surface area contributed by atoms with Crippen LogP contribution in [0.2, 0.25) is 0 Å². The van der Waals surface area contributed by atoms with E-state index in [0.29, 0.717) is 15.8 Å². The molecule has 1 fully saturated rings. The van der Waals surface area contributed by atoms with Crippen molar-refractivity contribution in [2.24, 2.45) is 0 Å². The standard InChI is InChI=1S/C18H18N2OS2/c1-4-19-17(21)16(23-18(19)22)11-14-10-12(2)20(13(14)3)15-8-6-5-7-9-15/h5-11H,4H2,1-3H3. The van der Waals surface area contributed by atoms with Crippen LogP contribution >= 0.6 is 24.0 Å². The Balaban J connectivity index is 2.02. The van der Waals surface area contributed by atoms with E-state index >= 15 is 0 Å². The van der Waals surface area contributed by atoms with Crippen LogP contribution in [0.3, 0.4) is 0 Å². The van der Waals surface area contributed by atoms with Crippen molar-refractivity contribution in [3.05, 3.63) is 58.3 Å². The molecule has 1 saturated heterocycles. The number of para-hydroxylation sites is 1. The first-order chi connectivity index (χ1) is 11.0. The predicted octanol–water partition coefficient (Wildman–Crippen LogP) is 4.32. The zero-order valence-electron chi connectivity index (χ0n) is 13.4. The molecule has 3 nitrogen and oxygen atoms in total. The molecule has 0 unspecified atom stereocenters. The number of carbonyl (C=O) groups excluding carboxylic acids is 1. The molecule has 1 aromatic heterocycles. The Kier molecular flexibility index (Phi) is 4.41. The fourth-order valence-corrected chi connectivity index (χ4v) is 4.20. The fourth-order valence-electron chi connectivity index (χ4n) is 2.82. The average Bonchev–Trinajstić information content (AvgIpc) is 2.96. The molecule has 0 atom stereocenters. The molecule has 0 spiro atoms. The molecular formula is C18H18N2OS2. The van der Waals surface area contributed by atoms with Gasteiger partial charge in [-0.1, -0.05) is 42.2 Å². The maximum Gasteiger partial charge on any atom is 0.266 e. The Morgan fingerprint density at radius 3 is 2.52 bits per heavy atom. The molecular weight excluding hydrogens is 324 g/mol. The zero-order valence-corrected chi connectivity index (χ0v) is 15.0. The van der Waals surface area contributed by atoms with E-state index in [9.17, 15) is 4.79 Å². The van der Waals surface area contributed by atoms with Gasteiger partial charge in [0.2, 0.25) is 0 Å². The predicted molar refractivity (Wildman–Crippen MR) is 101 cm³/mol. The molecule has 1 aliphatic rings. The van der Waals surface area contributed by atoms with Gasteiger partial charge in [-0.3, -0.25) is 9.69 Å². The highest BCUT2D eigenvalue weighted by Crippen LogP contribution is 2.33. The maximum atomic E-state index is 12.4. The molecule has 3 rings (SSSR count). The van der Waals surface area contributed by atoms with Gasteiger partial charge < -0.3 is 4.57 Å². The lowest BCUT2D eigenvalue weighted by molar-refractivity contribution is -0.121. The third kappa shape index (κ3) is 2.86. The molecule has 0 saturated carbocycles. The Morgan fingerprint density at radius 2 is 1.91 bits per heavy atom. The molecule has 0 bridgehead atoms. The van der Waals surface area contributed by atoms with Gasteiger partial charge in [-0.15, -0.1) is 0 Å². The first-order valence-corrected chi connectivity index (χ1v) is 8.75. The van der Waals surface area contributed by atoms with E-state index < -0.39 is 0 Å². The number of nitrogens with zero attached hydrogens (tertiary/aromatic N) is 2. The second-order valence-corrected chi connectivity index (χ2v) is 7.10. The number of amides is 1. The first-order valence-electron chi connectivity index (χ1n) is 7.52. The third-order valence-corrected chi connectivity index (χ3v) is 5.34.